The van der Waals surface area contributed by atoms with Crippen molar-refractivity contribution in [3.8, 4) is 10.6 Å². The number of nitrogens with zero attached hydrogens (tertiary/aromatic N) is 2. The van der Waals surface area contributed by atoms with E-state index in [4.69, 9.17) is 0 Å². The Morgan fingerprint density at radius 3 is 2.76 bits per heavy atom. The van der Waals surface area contributed by atoms with Crippen LogP contribution in [0.1, 0.15) is 18.5 Å². The third-order valence-corrected chi connectivity index (χ3v) is 9.04. The Bertz CT molecular complexity index is 1060. The maximum Gasteiger partial charge on any atom is 0.253 e. The molecule has 6 nitrogen and oxygen atoms in total. The molecule has 1 atom stereocenters. The zero-order valence-corrected chi connectivity index (χ0v) is 18.1. The van der Waals surface area contributed by atoms with E-state index in [-0.39, 0.29) is 10.1 Å². The van der Waals surface area contributed by atoms with E-state index in [9.17, 15) is 13.2 Å². The van der Waals surface area contributed by atoms with Crippen LogP contribution in [0.5, 0.6) is 0 Å². The van der Waals surface area contributed by atoms with Crippen molar-refractivity contribution in [2.45, 2.75) is 29.5 Å². The molecule has 0 radical (unpaired) electrons. The van der Waals surface area contributed by atoms with Crippen LogP contribution in [-0.4, -0.2) is 42.7 Å². The summed E-state index contributed by atoms with van der Waals surface area (Å²) in [5.41, 5.74) is 2.00. The van der Waals surface area contributed by atoms with Gasteiger partial charge in [-0.2, -0.15) is 4.31 Å². The number of benzene rings is 1. The lowest BCUT2D eigenvalue weighted by Crippen LogP contribution is -2.46. The number of carbonyl (C=O) groups excluding carboxylic acids is 1. The predicted octanol–water partition coefficient (Wildman–Crippen LogP) is 3.38. The molecule has 9 heteroatoms. The summed E-state index contributed by atoms with van der Waals surface area (Å²) >= 11 is 2.76. The van der Waals surface area contributed by atoms with Crippen molar-refractivity contribution >= 4 is 38.6 Å². The van der Waals surface area contributed by atoms with E-state index in [2.05, 4.69) is 10.3 Å². The van der Waals surface area contributed by atoms with Crippen molar-refractivity contribution in [2.75, 3.05) is 13.1 Å². The van der Waals surface area contributed by atoms with E-state index in [1.165, 1.54) is 15.6 Å². The van der Waals surface area contributed by atoms with Crippen LogP contribution >= 0.6 is 22.7 Å². The summed E-state index contributed by atoms with van der Waals surface area (Å²) in [7, 11) is -3.61. The summed E-state index contributed by atoms with van der Waals surface area (Å²) in [4.78, 5) is 17.3. The number of carbonyl (C=O) groups is 1. The van der Waals surface area contributed by atoms with Gasteiger partial charge in [0.15, 0.2) is 0 Å². The number of aromatic nitrogens is 1. The van der Waals surface area contributed by atoms with Crippen LogP contribution in [0.3, 0.4) is 0 Å². The molecule has 3 aromatic rings. The van der Waals surface area contributed by atoms with Crippen molar-refractivity contribution in [2.24, 2.45) is 0 Å². The fraction of sp³-hybridized carbons (Fsp3) is 0.300. The van der Waals surface area contributed by atoms with E-state index < -0.39 is 16.1 Å². The molecule has 3 heterocycles. The number of hydrogen-bond donors (Lipinski definition) is 1. The second-order valence-corrected chi connectivity index (χ2v) is 10.7. The van der Waals surface area contributed by atoms with Gasteiger partial charge in [-0.05, 0) is 24.3 Å². The maximum absolute atomic E-state index is 12.8. The Kier molecular flexibility index (Phi) is 6.09. The van der Waals surface area contributed by atoms with Crippen LogP contribution in [0.2, 0.25) is 0 Å². The van der Waals surface area contributed by atoms with Crippen molar-refractivity contribution in [1.29, 1.82) is 0 Å². The van der Waals surface area contributed by atoms with Crippen LogP contribution in [0.15, 0.2) is 57.4 Å². The molecule has 0 bridgehead atoms. The molecule has 1 saturated heterocycles. The SMILES string of the molecule is O=C(NCCc1csc(-c2ccccc2)n1)C1CCCN1S(=O)(=O)c1cccs1. The van der Waals surface area contributed by atoms with Gasteiger partial charge in [-0.15, -0.1) is 22.7 Å². The average molecular weight is 448 g/mol. The summed E-state index contributed by atoms with van der Waals surface area (Å²) in [6, 6.07) is 12.6. The molecule has 1 aromatic carbocycles. The van der Waals surface area contributed by atoms with Crippen molar-refractivity contribution < 1.29 is 13.2 Å². The minimum atomic E-state index is -3.61. The number of sulfonamides is 1. The minimum Gasteiger partial charge on any atom is -0.354 e. The van der Waals surface area contributed by atoms with E-state index in [0.29, 0.717) is 32.4 Å². The first-order valence-electron chi connectivity index (χ1n) is 9.38. The lowest BCUT2D eigenvalue weighted by Gasteiger charge is -2.22. The van der Waals surface area contributed by atoms with E-state index in [0.717, 1.165) is 16.3 Å². The average Bonchev–Trinajstić information content (AvgIpc) is 3.50. The first-order valence-corrected chi connectivity index (χ1v) is 12.6. The minimum absolute atomic E-state index is 0.235. The van der Waals surface area contributed by atoms with Gasteiger partial charge in [0.1, 0.15) is 15.3 Å². The topological polar surface area (TPSA) is 79.4 Å². The molecular weight excluding hydrogens is 426 g/mol. The van der Waals surface area contributed by atoms with Crippen molar-refractivity contribution in [3.05, 3.63) is 58.9 Å². The molecule has 1 amide bonds. The maximum atomic E-state index is 12.8. The van der Waals surface area contributed by atoms with Crippen molar-refractivity contribution in [3.63, 3.8) is 0 Å². The van der Waals surface area contributed by atoms with Crippen molar-refractivity contribution in [1.82, 2.24) is 14.6 Å². The van der Waals surface area contributed by atoms with Crippen LogP contribution in [0, 0.1) is 0 Å². The fourth-order valence-electron chi connectivity index (χ4n) is 3.38. The third kappa shape index (κ3) is 4.42. The van der Waals surface area contributed by atoms with Crippen LogP contribution in [0.25, 0.3) is 10.6 Å². The smallest absolute Gasteiger partial charge is 0.253 e. The van der Waals surface area contributed by atoms with Gasteiger partial charge < -0.3 is 5.32 Å². The van der Waals surface area contributed by atoms with Gasteiger partial charge in [-0.3, -0.25) is 4.79 Å². The summed E-state index contributed by atoms with van der Waals surface area (Å²) in [6.07, 6.45) is 1.85. The Balaban J connectivity index is 1.34. The second-order valence-electron chi connectivity index (χ2n) is 6.76. The number of rotatable bonds is 7. The first-order chi connectivity index (χ1) is 14.1. The fourth-order valence-corrected chi connectivity index (χ4v) is 7.02. The summed E-state index contributed by atoms with van der Waals surface area (Å²) in [6.45, 7) is 0.811. The lowest BCUT2D eigenvalue weighted by atomic mass is 10.2. The van der Waals surface area contributed by atoms with Gasteiger partial charge in [0.05, 0.1) is 5.69 Å². The highest BCUT2D eigenvalue weighted by Crippen LogP contribution is 2.28. The highest BCUT2D eigenvalue weighted by atomic mass is 32.2. The number of amides is 1. The van der Waals surface area contributed by atoms with E-state index >= 15 is 0 Å². The second kappa shape index (κ2) is 8.74. The number of thiazole rings is 1. The highest BCUT2D eigenvalue weighted by molar-refractivity contribution is 7.91. The van der Waals surface area contributed by atoms with Gasteiger partial charge >= 0.3 is 0 Å². The van der Waals surface area contributed by atoms with Crippen LogP contribution in [0.4, 0.5) is 0 Å². The zero-order chi connectivity index (χ0) is 20.3. The standard InChI is InChI=1S/C20H21N3O3S3/c24-19(17-8-4-12-23(17)29(25,26)18-9-5-13-27-18)21-11-10-16-14-28-20(22-16)15-6-2-1-3-7-15/h1-3,5-7,9,13-14,17H,4,8,10-12H2,(H,21,24). The molecule has 0 aliphatic carbocycles. The molecule has 1 aliphatic heterocycles. The highest BCUT2D eigenvalue weighted by Gasteiger charge is 2.39. The van der Waals surface area contributed by atoms with Gasteiger partial charge in [-0.1, -0.05) is 36.4 Å². The molecule has 29 heavy (non-hydrogen) atoms. The van der Waals surface area contributed by atoms with Crippen LogP contribution in [-0.2, 0) is 21.2 Å². The molecule has 1 unspecified atom stereocenters. The Morgan fingerprint density at radius 1 is 1.17 bits per heavy atom. The molecule has 152 valence electrons. The van der Waals surface area contributed by atoms with E-state index in [1.807, 2.05) is 35.7 Å². The molecule has 1 aliphatic rings. The number of nitrogens with one attached hydrogen (secondary N) is 1. The molecule has 0 saturated carbocycles. The van der Waals surface area contributed by atoms with Crippen LogP contribution < -0.4 is 5.32 Å². The van der Waals surface area contributed by atoms with Gasteiger partial charge in [-0.25, -0.2) is 13.4 Å². The molecule has 4 rings (SSSR count). The Labute approximate surface area is 178 Å². The molecule has 2 aromatic heterocycles. The zero-order valence-electron chi connectivity index (χ0n) is 15.7. The van der Waals surface area contributed by atoms with Gasteiger partial charge in [0.25, 0.3) is 10.0 Å². The summed E-state index contributed by atoms with van der Waals surface area (Å²) in [5.74, 6) is -0.235. The Hall–Kier alpha value is -2.07. The normalized spacial score (nSPS) is 17.4. The quantitative estimate of drug-likeness (QED) is 0.602. The van der Waals surface area contributed by atoms with E-state index in [1.54, 1.807) is 28.8 Å². The lowest BCUT2D eigenvalue weighted by molar-refractivity contribution is -0.124. The third-order valence-electron chi connectivity index (χ3n) is 4.82. The summed E-state index contributed by atoms with van der Waals surface area (Å²) in [5, 5.41) is 7.58. The summed E-state index contributed by atoms with van der Waals surface area (Å²) < 4.78 is 27.2. The Morgan fingerprint density at radius 2 is 2.00 bits per heavy atom. The monoisotopic (exact) mass is 447 g/mol. The number of thiophene rings is 1. The predicted molar refractivity (Wildman–Crippen MR) is 115 cm³/mol. The molecule has 0 spiro atoms. The molecule has 1 N–H and O–H groups in total. The number of hydrogen-bond acceptors (Lipinski definition) is 6. The van der Waals surface area contributed by atoms with Gasteiger partial charge in [0.2, 0.25) is 5.91 Å². The van der Waals surface area contributed by atoms with Gasteiger partial charge in [0, 0.05) is 30.5 Å². The largest absolute Gasteiger partial charge is 0.354 e. The molecule has 1 fully saturated rings. The first kappa shape index (κ1) is 20.2. The molecular formula is C20H21N3O3S3.